The van der Waals surface area contributed by atoms with E-state index in [2.05, 4.69) is 0 Å². The lowest BCUT2D eigenvalue weighted by atomic mass is 9.80. The lowest BCUT2D eigenvalue weighted by Crippen LogP contribution is -2.30. The van der Waals surface area contributed by atoms with E-state index in [4.69, 9.17) is 4.42 Å². The van der Waals surface area contributed by atoms with Crippen LogP contribution >= 0.6 is 0 Å². The molecule has 1 aromatic heterocycles. The average molecular weight is 281 g/mol. The fraction of sp³-hybridized carbons (Fsp3) is 0.188. The van der Waals surface area contributed by atoms with Gasteiger partial charge in [0, 0.05) is 6.42 Å². The van der Waals surface area contributed by atoms with Crippen LogP contribution in [0.2, 0.25) is 0 Å². The molecule has 0 saturated carbocycles. The van der Waals surface area contributed by atoms with Crippen molar-refractivity contribution >= 4 is 23.3 Å². The Morgan fingerprint density at radius 2 is 1.76 bits per heavy atom. The molecule has 2 aliphatic rings. The summed E-state index contributed by atoms with van der Waals surface area (Å²) in [6.45, 7) is 0. The molecular formula is C16H11NO4. The van der Waals surface area contributed by atoms with Crippen LogP contribution in [0.3, 0.4) is 0 Å². The summed E-state index contributed by atoms with van der Waals surface area (Å²) >= 11 is 0. The summed E-state index contributed by atoms with van der Waals surface area (Å²) in [4.78, 5) is 38.4. The molecule has 21 heavy (non-hydrogen) atoms. The number of amides is 2. The number of carbonyl (C=O) groups excluding carboxylic acids is 3. The molecule has 0 N–H and O–H groups in total. The Labute approximate surface area is 120 Å². The fourth-order valence-corrected chi connectivity index (χ4v) is 3.16. The first kappa shape index (κ1) is 12.1. The fourth-order valence-electron chi connectivity index (χ4n) is 3.16. The van der Waals surface area contributed by atoms with E-state index in [1.807, 2.05) is 6.07 Å². The summed E-state index contributed by atoms with van der Waals surface area (Å²) in [5.41, 5.74) is 0.953. The van der Waals surface area contributed by atoms with E-state index in [0.29, 0.717) is 17.0 Å². The zero-order valence-electron chi connectivity index (χ0n) is 11.0. The van der Waals surface area contributed by atoms with Gasteiger partial charge in [0.15, 0.2) is 5.78 Å². The van der Waals surface area contributed by atoms with Crippen LogP contribution in [0.15, 0.2) is 47.1 Å². The number of benzene rings is 1. The minimum Gasteiger partial charge on any atom is -0.468 e. The maximum Gasteiger partial charge on any atom is 0.245 e. The zero-order chi connectivity index (χ0) is 14.6. The van der Waals surface area contributed by atoms with E-state index in [1.165, 1.54) is 11.2 Å². The number of hydrogen-bond acceptors (Lipinski definition) is 4. The molecular weight excluding hydrogens is 270 g/mol. The van der Waals surface area contributed by atoms with Gasteiger partial charge in [-0.1, -0.05) is 18.2 Å². The number of ketones is 1. The number of hydrogen-bond donors (Lipinski definition) is 0. The van der Waals surface area contributed by atoms with Gasteiger partial charge in [-0.15, -0.1) is 0 Å². The molecule has 1 aliphatic heterocycles. The molecule has 1 saturated heterocycles. The number of nitrogens with zero attached hydrogens (tertiary/aromatic N) is 1. The molecule has 2 amide bonds. The van der Waals surface area contributed by atoms with Crippen molar-refractivity contribution in [1.29, 1.82) is 0 Å². The molecule has 0 bridgehead atoms. The third kappa shape index (κ3) is 1.54. The highest BCUT2D eigenvalue weighted by Crippen LogP contribution is 2.44. The molecule has 1 aromatic carbocycles. The number of imide groups is 1. The highest BCUT2D eigenvalue weighted by Gasteiger charge is 2.54. The Morgan fingerprint density at radius 3 is 2.52 bits per heavy atom. The zero-order valence-corrected chi connectivity index (χ0v) is 11.0. The first-order valence-corrected chi connectivity index (χ1v) is 6.72. The highest BCUT2D eigenvalue weighted by molar-refractivity contribution is 6.26. The van der Waals surface area contributed by atoms with Crippen LogP contribution in [0.25, 0.3) is 0 Å². The molecule has 1 fully saturated rings. The summed E-state index contributed by atoms with van der Waals surface area (Å²) in [5, 5.41) is 0. The van der Waals surface area contributed by atoms with Gasteiger partial charge in [0.25, 0.3) is 0 Å². The maximum absolute atomic E-state index is 12.7. The van der Waals surface area contributed by atoms with Crippen molar-refractivity contribution in [2.75, 3.05) is 4.90 Å². The van der Waals surface area contributed by atoms with Crippen LogP contribution in [0.5, 0.6) is 0 Å². The van der Waals surface area contributed by atoms with Gasteiger partial charge in [0.2, 0.25) is 11.8 Å². The number of para-hydroxylation sites is 1. The SMILES string of the molecule is O=C1C[C@H]2C(=O)N(c3ccccc3)C(=O)[C@H]2c2occc21. The number of anilines is 1. The number of carbonyl (C=O) groups is 3. The van der Waals surface area contributed by atoms with Gasteiger partial charge in [0.1, 0.15) is 11.7 Å². The van der Waals surface area contributed by atoms with E-state index >= 15 is 0 Å². The lowest BCUT2D eigenvalue weighted by molar-refractivity contribution is -0.122. The van der Waals surface area contributed by atoms with Crippen molar-refractivity contribution < 1.29 is 18.8 Å². The second-order valence-corrected chi connectivity index (χ2v) is 5.26. The summed E-state index contributed by atoms with van der Waals surface area (Å²) in [6.07, 6.45) is 1.46. The van der Waals surface area contributed by atoms with Crippen LogP contribution in [-0.4, -0.2) is 17.6 Å². The molecule has 2 atom stereocenters. The Morgan fingerprint density at radius 1 is 1.00 bits per heavy atom. The van der Waals surface area contributed by atoms with Crippen LogP contribution in [0.4, 0.5) is 5.69 Å². The molecule has 2 heterocycles. The van der Waals surface area contributed by atoms with Crippen molar-refractivity contribution in [2.24, 2.45) is 5.92 Å². The first-order chi connectivity index (χ1) is 10.2. The van der Waals surface area contributed by atoms with Crippen molar-refractivity contribution in [3.8, 4) is 0 Å². The summed E-state index contributed by atoms with van der Waals surface area (Å²) in [5.74, 6) is -1.79. The molecule has 0 unspecified atom stereocenters. The molecule has 4 rings (SSSR count). The van der Waals surface area contributed by atoms with Crippen molar-refractivity contribution in [3.05, 3.63) is 54.0 Å². The Bertz CT molecular complexity index is 762. The standard InChI is InChI=1S/C16H11NO4/c18-12-8-11-13(14-10(12)6-7-21-14)16(20)17(15(11)19)9-4-2-1-3-5-9/h1-7,11,13H,8H2/t11-,13-/m1/s1. The van der Waals surface area contributed by atoms with Gasteiger partial charge in [-0.3, -0.25) is 14.4 Å². The highest BCUT2D eigenvalue weighted by atomic mass is 16.3. The number of fused-ring (bicyclic) bond motifs is 3. The largest absolute Gasteiger partial charge is 0.468 e. The topological polar surface area (TPSA) is 67.6 Å². The van der Waals surface area contributed by atoms with E-state index < -0.39 is 11.8 Å². The Balaban J connectivity index is 1.83. The van der Waals surface area contributed by atoms with Gasteiger partial charge in [-0.05, 0) is 18.2 Å². The summed E-state index contributed by atoms with van der Waals surface area (Å²) in [7, 11) is 0. The lowest BCUT2D eigenvalue weighted by Gasteiger charge is -2.18. The minimum atomic E-state index is -0.680. The predicted octanol–water partition coefficient (Wildman–Crippen LogP) is 2.14. The number of Topliss-reactive ketones (excluding diaryl/α,β-unsaturated/α-hetero) is 1. The summed E-state index contributed by atoms with van der Waals surface area (Å²) in [6, 6.07) is 10.3. The second-order valence-electron chi connectivity index (χ2n) is 5.26. The van der Waals surface area contributed by atoms with E-state index in [0.717, 1.165) is 0 Å². The normalized spacial score (nSPS) is 24.2. The third-order valence-electron chi connectivity index (χ3n) is 4.12. The first-order valence-electron chi connectivity index (χ1n) is 6.72. The van der Waals surface area contributed by atoms with E-state index in [9.17, 15) is 14.4 Å². The quantitative estimate of drug-likeness (QED) is 0.751. The van der Waals surface area contributed by atoms with Crippen LogP contribution < -0.4 is 4.90 Å². The van der Waals surface area contributed by atoms with Crippen LogP contribution in [0, 0.1) is 5.92 Å². The molecule has 5 nitrogen and oxygen atoms in total. The van der Waals surface area contributed by atoms with Gasteiger partial charge < -0.3 is 4.42 Å². The molecule has 104 valence electrons. The van der Waals surface area contributed by atoms with Gasteiger partial charge in [-0.2, -0.15) is 0 Å². The smallest absolute Gasteiger partial charge is 0.245 e. The number of furan rings is 1. The monoisotopic (exact) mass is 281 g/mol. The predicted molar refractivity (Wildman–Crippen MR) is 72.8 cm³/mol. The van der Waals surface area contributed by atoms with Gasteiger partial charge >= 0.3 is 0 Å². The average Bonchev–Trinajstić information content (AvgIpc) is 3.05. The maximum atomic E-state index is 12.7. The second kappa shape index (κ2) is 4.15. The molecule has 0 spiro atoms. The number of rotatable bonds is 1. The minimum absolute atomic E-state index is 0.0606. The molecule has 5 heteroatoms. The Kier molecular flexibility index (Phi) is 2.39. The van der Waals surface area contributed by atoms with E-state index in [1.54, 1.807) is 30.3 Å². The molecule has 1 aliphatic carbocycles. The molecule has 2 aromatic rings. The molecule has 0 radical (unpaired) electrons. The third-order valence-corrected chi connectivity index (χ3v) is 4.12. The Hall–Kier alpha value is -2.69. The van der Waals surface area contributed by atoms with Gasteiger partial charge in [-0.25, -0.2) is 4.90 Å². The van der Waals surface area contributed by atoms with Crippen molar-refractivity contribution in [3.63, 3.8) is 0 Å². The van der Waals surface area contributed by atoms with E-state index in [-0.39, 0.29) is 24.0 Å². The van der Waals surface area contributed by atoms with Crippen molar-refractivity contribution in [2.45, 2.75) is 12.3 Å². The van der Waals surface area contributed by atoms with Crippen LogP contribution in [0.1, 0.15) is 28.5 Å². The van der Waals surface area contributed by atoms with Gasteiger partial charge in [0.05, 0.1) is 23.4 Å². The summed E-state index contributed by atoms with van der Waals surface area (Å²) < 4.78 is 5.32. The van der Waals surface area contributed by atoms with Crippen LogP contribution in [-0.2, 0) is 9.59 Å². The van der Waals surface area contributed by atoms with Crippen molar-refractivity contribution in [1.82, 2.24) is 0 Å².